The first-order valence-electron chi connectivity index (χ1n) is 8.37. The monoisotopic (exact) mass is 439 g/mol. The summed E-state index contributed by atoms with van der Waals surface area (Å²) >= 11 is 1.32. The van der Waals surface area contributed by atoms with Gasteiger partial charge in [-0.15, -0.1) is 11.8 Å². The Kier molecular flexibility index (Phi) is 5.78. The number of benzene rings is 2. The smallest absolute Gasteiger partial charge is 0.311 e. The summed E-state index contributed by atoms with van der Waals surface area (Å²) in [5, 5.41) is 21.8. The van der Waals surface area contributed by atoms with Crippen LogP contribution in [0, 0.1) is 27.2 Å². The van der Waals surface area contributed by atoms with Crippen LogP contribution >= 0.6 is 11.8 Å². The Morgan fingerprint density at radius 3 is 2.41 bits per heavy atom. The first-order chi connectivity index (χ1) is 13.7. The summed E-state index contributed by atoms with van der Waals surface area (Å²) in [4.78, 5) is 21.1. The minimum absolute atomic E-state index is 0.0744. The highest BCUT2D eigenvalue weighted by atomic mass is 32.2. The number of methoxy groups -OCH3 is 1. The maximum atomic E-state index is 13.2. The molecular formula is C17H17N3O7S2. The maximum Gasteiger partial charge on any atom is 0.311 e. The van der Waals surface area contributed by atoms with Crippen LogP contribution in [-0.2, 0) is 10.0 Å². The standard InChI is InChI=1S/C17H17N3O7S2/c1-11-3-5-13(10-14(11)19(21)22)29(25,26)18-7-8-28-17(18)12-4-6-16(27-2)15(9-12)20(23)24/h3-6,9-10,17H,7-8H2,1-2H3/t17-/m0/s1. The second kappa shape index (κ2) is 7.97. The summed E-state index contributed by atoms with van der Waals surface area (Å²) in [6.07, 6.45) is 0. The van der Waals surface area contributed by atoms with E-state index in [1.54, 1.807) is 6.07 Å². The van der Waals surface area contributed by atoms with Crippen LogP contribution in [0.3, 0.4) is 0 Å². The van der Waals surface area contributed by atoms with Crippen molar-refractivity contribution in [1.82, 2.24) is 4.31 Å². The molecule has 2 aromatic carbocycles. The average Bonchev–Trinajstić information content (AvgIpc) is 3.18. The molecule has 0 N–H and O–H groups in total. The van der Waals surface area contributed by atoms with Crippen LogP contribution in [0.25, 0.3) is 0 Å². The Bertz CT molecular complexity index is 1090. The molecule has 1 fully saturated rings. The summed E-state index contributed by atoms with van der Waals surface area (Å²) in [6.45, 7) is 1.71. The predicted molar refractivity (Wildman–Crippen MR) is 107 cm³/mol. The molecule has 0 unspecified atom stereocenters. The SMILES string of the molecule is COc1ccc([C@@H]2SCCN2S(=O)(=O)c2ccc(C)c([N+](=O)[O-])c2)cc1[N+](=O)[O-]. The van der Waals surface area contributed by atoms with Crippen LogP contribution in [0.4, 0.5) is 11.4 Å². The van der Waals surface area contributed by atoms with Crippen molar-refractivity contribution in [1.29, 1.82) is 0 Å². The lowest BCUT2D eigenvalue weighted by Crippen LogP contribution is -2.30. The molecule has 3 rings (SSSR count). The van der Waals surface area contributed by atoms with Gasteiger partial charge in [-0.1, -0.05) is 12.1 Å². The maximum absolute atomic E-state index is 13.2. The van der Waals surface area contributed by atoms with Gasteiger partial charge in [-0.25, -0.2) is 8.42 Å². The highest BCUT2D eigenvalue weighted by molar-refractivity contribution is 8.01. The van der Waals surface area contributed by atoms with E-state index in [0.717, 1.165) is 6.07 Å². The molecule has 154 valence electrons. The lowest BCUT2D eigenvalue weighted by atomic mass is 10.2. The van der Waals surface area contributed by atoms with E-state index < -0.39 is 25.2 Å². The van der Waals surface area contributed by atoms with Crippen LogP contribution in [0.1, 0.15) is 16.5 Å². The summed E-state index contributed by atoms with van der Waals surface area (Å²) < 4.78 is 32.6. The summed E-state index contributed by atoms with van der Waals surface area (Å²) in [6, 6.07) is 8.06. The quantitative estimate of drug-likeness (QED) is 0.495. The fraction of sp³-hybridized carbons (Fsp3) is 0.294. The van der Waals surface area contributed by atoms with E-state index in [4.69, 9.17) is 4.74 Å². The van der Waals surface area contributed by atoms with Gasteiger partial charge in [0.1, 0.15) is 0 Å². The Morgan fingerprint density at radius 2 is 1.79 bits per heavy atom. The molecule has 10 nitrogen and oxygen atoms in total. The first-order valence-corrected chi connectivity index (χ1v) is 10.9. The lowest BCUT2D eigenvalue weighted by Gasteiger charge is -2.23. The zero-order valence-corrected chi connectivity index (χ0v) is 17.1. The third kappa shape index (κ3) is 3.91. The Labute approximate surface area is 170 Å². The normalized spacial score (nSPS) is 17.2. The molecule has 0 radical (unpaired) electrons. The molecule has 0 spiro atoms. The second-order valence-electron chi connectivity index (χ2n) is 6.23. The van der Waals surface area contributed by atoms with Gasteiger partial charge in [-0.3, -0.25) is 20.2 Å². The third-order valence-electron chi connectivity index (χ3n) is 4.52. The minimum atomic E-state index is -4.05. The molecule has 0 aromatic heterocycles. The third-order valence-corrected chi connectivity index (χ3v) is 7.77. The molecule has 1 aliphatic rings. The van der Waals surface area contributed by atoms with Crippen molar-refractivity contribution in [2.45, 2.75) is 17.2 Å². The summed E-state index contributed by atoms with van der Waals surface area (Å²) in [5.41, 5.74) is 0.243. The van der Waals surface area contributed by atoms with E-state index >= 15 is 0 Å². The van der Waals surface area contributed by atoms with E-state index in [0.29, 0.717) is 16.9 Å². The van der Waals surface area contributed by atoms with E-state index in [1.165, 1.54) is 54.4 Å². The van der Waals surface area contributed by atoms with Crippen LogP contribution < -0.4 is 4.74 Å². The van der Waals surface area contributed by atoms with Gasteiger partial charge in [0.25, 0.3) is 5.69 Å². The Hall–Kier alpha value is -2.70. The number of sulfonamides is 1. The van der Waals surface area contributed by atoms with E-state index in [1.807, 2.05) is 0 Å². The molecule has 1 aliphatic heterocycles. The van der Waals surface area contributed by atoms with Gasteiger partial charge in [-0.2, -0.15) is 4.31 Å². The van der Waals surface area contributed by atoms with Gasteiger partial charge in [0.05, 0.1) is 27.2 Å². The fourth-order valence-corrected chi connectivity index (χ4v) is 6.30. The molecule has 2 aromatic rings. The van der Waals surface area contributed by atoms with Crippen molar-refractivity contribution >= 4 is 33.2 Å². The highest BCUT2D eigenvalue weighted by Gasteiger charge is 2.38. The largest absolute Gasteiger partial charge is 0.490 e. The number of nitro groups is 2. The predicted octanol–water partition coefficient (Wildman–Crippen LogP) is 3.26. The van der Waals surface area contributed by atoms with Gasteiger partial charge in [0, 0.05) is 30.0 Å². The summed E-state index contributed by atoms with van der Waals surface area (Å²) in [7, 11) is -2.74. The minimum Gasteiger partial charge on any atom is -0.490 e. The zero-order chi connectivity index (χ0) is 21.3. The van der Waals surface area contributed by atoms with Gasteiger partial charge < -0.3 is 4.74 Å². The number of rotatable bonds is 6. The number of hydrogen-bond donors (Lipinski definition) is 0. The van der Waals surface area contributed by atoms with Crippen LogP contribution in [-0.4, -0.2) is 42.0 Å². The molecule has 0 amide bonds. The van der Waals surface area contributed by atoms with E-state index in [-0.39, 0.29) is 28.6 Å². The second-order valence-corrected chi connectivity index (χ2v) is 9.31. The Balaban J connectivity index is 2.03. The molecule has 1 heterocycles. The molecule has 12 heteroatoms. The van der Waals surface area contributed by atoms with Crippen molar-refractivity contribution in [3.05, 3.63) is 67.8 Å². The summed E-state index contributed by atoms with van der Waals surface area (Å²) in [5.74, 6) is 0.558. The van der Waals surface area contributed by atoms with E-state index in [9.17, 15) is 28.6 Å². The molecule has 0 bridgehead atoms. The van der Waals surface area contributed by atoms with Gasteiger partial charge in [-0.05, 0) is 24.6 Å². The molecular weight excluding hydrogens is 422 g/mol. The van der Waals surface area contributed by atoms with Crippen LogP contribution in [0.5, 0.6) is 5.75 Å². The van der Waals surface area contributed by atoms with E-state index in [2.05, 4.69) is 0 Å². The number of ether oxygens (including phenoxy) is 1. The van der Waals surface area contributed by atoms with Crippen LogP contribution in [0.15, 0.2) is 41.3 Å². The van der Waals surface area contributed by atoms with Crippen molar-refractivity contribution in [3.63, 3.8) is 0 Å². The van der Waals surface area contributed by atoms with Gasteiger partial charge >= 0.3 is 5.69 Å². The zero-order valence-electron chi connectivity index (χ0n) is 15.5. The fourth-order valence-electron chi connectivity index (χ4n) is 3.05. The first kappa shape index (κ1) is 21.0. The van der Waals surface area contributed by atoms with Crippen molar-refractivity contribution in [2.75, 3.05) is 19.4 Å². The number of nitro benzene ring substituents is 2. The molecule has 1 saturated heterocycles. The molecule has 0 aliphatic carbocycles. The van der Waals surface area contributed by atoms with Crippen molar-refractivity contribution in [3.8, 4) is 5.75 Å². The lowest BCUT2D eigenvalue weighted by molar-refractivity contribution is -0.385. The molecule has 0 saturated carbocycles. The van der Waals surface area contributed by atoms with Gasteiger partial charge in [0.2, 0.25) is 10.0 Å². The number of thioether (sulfide) groups is 1. The topological polar surface area (TPSA) is 133 Å². The number of nitrogens with zero attached hydrogens (tertiary/aromatic N) is 3. The van der Waals surface area contributed by atoms with Crippen molar-refractivity contribution in [2.24, 2.45) is 0 Å². The van der Waals surface area contributed by atoms with Gasteiger partial charge in [0.15, 0.2) is 5.75 Å². The highest BCUT2D eigenvalue weighted by Crippen LogP contribution is 2.43. The van der Waals surface area contributed by atoms with Crippen molar-refractivity contribution < 1.29 is 23.0 Å². The number of aryl methyl sites for hydroxylation is 1. The number of hydrogen-bond acceptors (Lipinski definition) is 8. The molecule has 29 heavy (non-hydrogen) atoms. The molecule has 1 atom stereocenters. The Morgan fingerprint density at radius 1 is 1.10 bits per heavy atom. The average molecular weight is 439 g/mol. The van der Waals surface area contributed by atoms with Crippen LogP contribution in [0.2, 0.25) is 0 Å².